The molecule has 0 saturated carbocycles. The molecule has 128 valence electrons. The first kappa shape index (κ1) is 17.1. The van der Waals surface area contributed by atoms with Crippen LogP contribution in [0.5, 0.6) is 0 Å². The number of aromatic nitrogens is 2. The number of anilines is 2. The number of nitrogens with one attached hydrogen (secondary N) is 1. The highest BCUT2D eigenvalue weighted by molar-refractivity contribution is 7.13. The standard InChI is InChI=1S/C19H20N4OS/c1-23(2)17-8-5-15(6-9-17)21-18(24)10-7-16-13-25-19(22-16)14-4-3-11-20-12-14/h3-6,8-9,11-13H,7,10H2,1-2H3,(H,21,24). The largest absolute Gasteiger partial charge is 0.378 e. The van der Waals surface area contributed by atoms with Gasteiger partial charge < -0.3 is 10.2 Å². The quantitative estimate of drug-likeness (QED) is 0.732. The van der Waals surface area contributed by atoms with E-state index < -0.39 is 0 Å². The second-order valence-corrected chi connectivity index (χ2v) is 6.73. The fraction of sp³-hybridized carbons (Fsp3) is 0.211. The van der Waals surface area contributed by atoms with Crippen LogP contribution in [0.2, 0.25) is 0 Å². The smallest absolute Gasteiger partial charge is 0.224 e. The van der Waals surface area contributed by atoms with Crippen LogP contribution in [0.1, 0.15) is 12.1 Å². The van der Waals surface area contributed by atoms with Crippen molar-refractivity contribution in [3.8, 4) is 10.6 Å². The third-order valence-electron chi connectivity index (χ3n) is 3.74. The van der Waals surface area contributed by atoms with Crippen LogP contribution in [0.4, 0.5) is 11.4 Å². The van der Waals surface area contributed by atoms with E-state index in [9.17, 15) is 4.79 Å². The minimum absolute atomic E-state index is 0.00599. The molecule has 1 amide bonds. The molecule has 0 aliphatic heterocycles. The molecule has 2 aromatic heterocycles. The molecule has 3 rings (SSSR count). The molecule has 1 N–H and O–H groups in total. The Morgan fingerprint density at radius 2 is 2.00 bits per heavy atom. The molecule has 1 aromatic carbocycles. The molecule has 5 nitrogen and oxygen atoms in total. The maximum atomic E-state index is 12.1. The molecule has 6 heteroatoms. The highest BCUT2D eigenvalue weighted by Crippen LogP contribution is 2.23. The second-order valence-electron chi connectivity index (χ2n) is 5.88. The number of nitrogens with zero attached hydrogens (tertiary/aromatic N) is 3. The zero-order valence-corrected chi connectivity index (χ0v) is 15.1. The fourth-order valence-electron chi connectivity index (χ4n) is 2.35. The predicted octanol–water partition coefficient (Wildman–Crippen LogP) is 3.84. The van der Waals surface area contributed by atoms with Crippen molar-refractivity contribution >= 4 is 28.6 Å². The second kappa shape index (κ2) is 7.90. The summed E-state index contributed by atoms with van der Waals surface area (Å²) in [4.78, 5) is 22.8. The molecule has 0 unspecified atom stereocenters. The number of hydrogen-bond acceptors (Lipinski definition) is 5. The van der Waals surface area contributed by atoms with Gasteiger partial charge in [-0.05, 0) is 42.8 Å². The number of hydrogen-bond donors (Lipinski definition) is 1. The minimum Gasteiger partial charge on any atom is -0.378 e. The number of aryl methyl sites for hydroxylation is 1. The maximum Gasteiger partial charge on any atom is 0.224 e. The monoisotopic (exact) mass is 352 g/mol. The van der Waals surface area contributed by atoms with E-state index >= 15 is 0 Å². The Labute approximate surface area is 151 Å². The van der Waals surface area contributed by atoms with Gasteiger partial charge in [-0.1, -0.05) is 0 Å². The molecule has 2 heterocycles. The van der Waals surface area contributed by atoms with Crippen LogP contribution in [0.15, 0.2) is 54.2 Å². The van der Waals surface area contributed by atoms with Gasteiger partial charge in [0.1, 0.15) is 5.01 Å². The van der Waals surface area contributed by atoms with Gasteiger partial charge in [-0.2, -0.15) is 0 Å². The third-order valence-corrected chi connectivity index (χ3v) is 4.68. The normalized spacial score (nSPS) is 10.5. The number of thiazole rings is 1. The zero-order chi connectivity index (χ0) is 17.6. The van der Waals surface area contributed by atoms with Crippen molar-refractivity contribution in [2.24, 2.45) is 0 Å². The summed E-state index contributed by atoms with van der Waals surface area (Å²) in [6.45, 7) is 0. The number of pyridine rings is 1. The van der Waals surface area contributed by atoms with Gasteiger partial charge in [-0.3, -0.25) is 9.78 Å². The molecule has 0 aliphatic carbocycles. The van der Waals surface area contributed by atoms with Gasteiger partial charge in [0, 0.05) is 55.2 Å². The SMILES string of the molecule is CN(C)c1ccc(NC(=O)CCc2csc(-c3cccnc3)n2)cc1. The van der Waals surface area contributed by atoms with E-state index in [1.807, 2.05) is 60.8 Å². The van der Waals surface area contributed by atoms with E-state index in [2.05, 4.69) is 15.3 Å². The van der Waals surface area contributed by atoms with Crippen molar-refractivity contribution in [3.63, 3.8) is 0 Å². The summed E-state index contributed by atoms with van der Waals surface area (Å²) in [7, 11) is 3.97. The Kier molecular flexibility index (Phi) is 5.40. The Balaban J connectivity index is 1.53. The highest BCUT2D eigenvalue weighted by atomic mass is 32.1. The topological polar surface area (TPSA) is 58.1 Å². The fourth-order valence-corrected chi connectivity index (χ4v) is 3.20. The first-order valence-corrected chi connectivity index (χ1v) is 8.92. The van der Waals surface area contributed by atoms with Gasteiger partial charge in [0.15, 0.2) is 0 Å². The minimum atomic E-state index is -0.00599. The van der Waals surface area contributed by atoms with E-state index in [1.54, 1.807) is 23.7 Å². The van der Waals surface area contributed by atoms with Crippen LogP contribution >= 0.6 is 11.3 Å². The van der Waals surface area contributed by atoms with Crippen molar-refractivity contribution in [3.05, 3.63) is 59.9 Å². The van der Waals surface area contributed by atoms with E-state index in [4.69, 9.17) is 0 Å². The third kappa shape index (κ3) is 4.64. The number of carbonyl (C=O) groups is 1. The molecule has 0 radical (unpaired) electrons. The van der Waals surface area contributed by atoms with E-state index in [1.165, 1.54) is 0 Å². The molecule has 25 heavy (non-hydrogen) atoms. The molecule has 0 aliphatic rings. The predicted molar refractivity (Wildman–Crippen MR) is 103 cm³/mol. The molecule has 0 spiro atoms. The van der Waals surface area contributed by atoms with Crippen molar-refractivity contribution < 1.29 is 4.79 Å². The summed E-state index contributed by atoms with van der Waals surface area (Å²) in [5, 5.41) is 5.86. The Morgan fingerprint density at radius 3 is 2.68 bits per heavy atom. The van der Waals surface area contributed by atoms with Crippen LogP contribution in [0, 0.1) is 0 Å². The Hall–Kier alpha value is -2.73. The van der Waals surface area contributed by atoms with Crippen molar-refractivity contribution in [2.75, 3.05) is 24.3 Å². The lowest BCUT2D eigenvalue weighted by atomic mass is 10.2. The summed E-state index contributed by atoms with van der Waals surface area (Å²) in [6, 6.07) is 11.7. The van der Waals surface area contributed by atoms with E-state index in [0.29, 0.717) is 12.8 Å². The summed E-state index contributed by atoms with van der Waals surface area (Å²) >= 11 is 1.58. The van der Waals surface area contributed by atoms with Crippen molar-refractivity contribution in [2.45, 2.75) is 12.8 Å². The molecule has 0 bridgehead atoms. The molecular formula is C19H20N4OS. The van der Waals surface area contributed by atoms with Gasteiger partial charge in [0.25, 0.3) is 0 Å². The van der Waals surface area contributed by atoms with Crippen LogP contribution in [0.25, 0.3) is 10.6 Å². The lowest BCUT2D eigenvalue weighted by Crippen LogP contribution is -2.13. The van der Waals surface area contributed by atoms with Gasteiger partial charge >= 0.3 is 0 Å². The maximum absolute atomic E-state index is 12.1. The molecule has 0 atom stereocenters. The summed E-state index contributed by atoms with van der Waals surface area (Å²) in [5.41, 5.74) is 3.85. The molecule has 3 aromatic rings. The number of amides is 1. The van der Waals surface area contributed by atoms with Gasteiger partial charge in [-0.25, -0.2) is 4.98 Å². The highest BCUT2D eigenvalue weighted by Gasteiger charge is 2.08. The van der Waals surface area contributed by atoms with Crippen LogP contribution in [-0.2, 0) is 11.2 Å². The van der Waals surface area contributed by atoms with Crippen LogP contribution in [-0.4, -0.2) is 30.0 Å². The summed E-state index contributed by atoms with van der Waals surface area (Å²) < 4.78 is 0. The van der Waals surface area contributed by atoms with Crippen molar-refractivity contribution in [1.82, 2.24) is 9.97 Å². The summed E-state index contributed by atoms with van der Waals surface area (Å²) in [6.07, 6.45) is 4.57. The number of rotatable bonds is 6. The lowest BCUT2D eigenvalue weighted by Gasteiger charge is -2.13. The number of carbonyl (C=O) groups excluding carboxylic acids is 1. The van der Waals surface area contributed by atoms with Crippen molar-refractivity contribution in [1.29, 1.82) is 0 Å². The first-order chi connectivity index (χ1) is 12.1. The average Bonchev–Trinajstić information content (AvgIpc) is 3.10. The van der Waals surface area contributed by atoms with Crippen LogP contribution < -0.4 is 10.2 Å². The molecule has 0 fully saturated rings. The van der Waals surface area contributed by atoms with Crippen LogP contribution in [0.3, 0.4) is 0 Å². The van der Waals surface area contributed by atoms with Gasteiger partial charge in [0.05, 0.1) is 5.69 Å². The van der Waals surface area contributed by atoms with Gasteiger partial charge in [-0.15, -0.1) is 11.3 Å². The van der Waals surface area contributed by atoms with E-state index in [-0.39, 0.29) is 5.91 Å². The lowest BCUT2D eigenvalue weighted by molar-refractivity contribution is -0.116. The Morgan fingerprint density at radius 1 is 1.20 bits per heavy atom. The average molecular weight is 352 g/mol. The number of benzene rings is 1. The van der Waals surface area contributed by atoms with Gasteiger partial charge in [0.2, 0.25) is 5.91 Å². The molecule has 0 saturated heterocycles. The summed E-state index contributed by atoms with van der Waals surface area (Å²) in [5.74, 6) is -0.00599. The first-order valence-electron chi connectivity index (χ1n) is 8.04. The van der Waals surface area contributed by atoms with E-state index in [0.717, 1.165) is 27.6 Å². The Bertz CT molecular complexity index is 828. The zero-order valence-electron chi connectivity index (χ0n) is 14.3. The molecular weight excluding hydrogens is 332 g/mol.